The minimum atomic E-state index is -0.466. The van der Waals surface area contributed by atoms with Crippen molar-refractivity contribution in [3.63, 3.8) is 0 Å². The van der Waals surface area contributed by atoms with Gasteiger partial charge in [0.2, 0.25) is 0 Å². The number of carbonyl (C=O) groups excluding carboxylic acids is 1. The van der Waals surface area contributed by atoms with Crippen LogP contribution in [0.2, 0.25) is 0 Å². The van der Waals surface area contributed by atoms with E-state index in [4.69, 9.17) is 4.74 Å². The van der Waals surface area contributed by atoms with E-state index < -0.39 is 11.6 Å². The number of phenolic OH excluding ortho intramolecular Hbond substituents is 1. The van der Waals surface area contributed by atoms with E-state index in [1.54, 1.807) is 36.5 Å². The Balaban J connectivity index is 1.85. The Morgan fingerprint density at radius 1 is 1.12 bits per heavy atom. The van der Waals surface area contributed by atoms with E-state index in [0.29, 0.717) is 17.0 Å². The third-order valence-electron chi connectivity index (χ3n) is 3.67. The van der Waals surface area contributed by atoms with Gasteiger partial charge in [0.05, 0.1) is 12.8 Å². The van der Waals surface area contributed by atoms with Gasteiger partial charge >= 0.3 is 5.69 Å². The fourth-order valence-electron chi connectivity index (χ4n) is 2.38. The predicted molar refractivity (Wildman–Crippen MR) is 94.3 cm³/mol. The minimum absolute atomic E-state index is 0.0159. The van der Waals surface area contributed by atoms with Crippen LogP contribution in [0.15, 0.2) is 71.8 Å². The third kappa shape index (κ3) is 3.37. The molecule has 0 atom stereocenters. The minimum Gasteiger partial charge on any atom is -0.504 e. The van der Waals surface area contributed by atoms with Gasteiger partial charge in [-0.2, -0.15) is 0 Å². The summed E-state index contributed by atoms with van der Waals surface area (Å²) >= 11 is 0. The molecule has 0 aliphatic rings. The van der Waals surface area contributed by atoms with Gasteiger partial charge in [0.15, 0.2) is 11.5 Å². The summed E-state index contributed by atoms with van der Waals surface area (Å²) in [4.78, 5) is 24.7. The first kappa shape index (κ1) is 16.3. The average Bonchev–Trinajstić information content (AvgIpc) is 3.03. The molecule has 0 radical (unpaired) electrons. The van der Waals surface area contributed by atoms with Gasteiger partial charge in [-0.15, -0.1) is 0 Å². The van der Waals surface area contributed by atoms with Gasteiger partial charge in [-0.05, 0) is 35.9 Å². The Morgan fingerprint density at radius 2 is 1.88 bits per heavy atom. The second-order valence-corrected chi connectivity index (χ2v) is 5.26. The van der Waals surface area contributed by atoms with E-state index in [0.717, 1.165) is 4.57 Å². The fraction of sp³-hybridized carbons (Fsp3) is 0.0526. The van der Waals surface area contributed by atoms with Crippen molar-refractivity contribution in [2.75, 3.05) is 7.11 Å². The number of phenols is 1. The number of aromatic hydroxyl groups is 1. The molecule has 1 N–H and O–H groups in total. The zero-order chi connectivity index (χ0) is 17.8. The molecular formula is C19H16N2O4. The van der Waals surface area contributed by atoms with Crippen LogP contribution in [0.1, 0.15) is 10.4 Å². The van der Waals surface area contributed by atoms with Crippen molar-refractivity contribution in [3.8, 4) is 17.2 Å². The summed E-state index contributed by atoms with van der Waals surface area (Å²) in [7, 11) is 1.44. The number of rotatable bonds is 4. The zero-order valence-corrected chi connectivity index (χ0v) is 13.5. The number of ether oxygens (including phenoxy) is 1. The highest BCUT2D eigenvalue weighted by atomic mass is 16.5. The molecule has 1 heterocycles. The summed E-state index contributed by atoms with van der Waals surface area (Å²) in [5.74, 6) is -0.143. The molecule has 1 aromatic heterocycles. The molecule has 126 valence electrons. The van der Waals surface area contributed by atoms with Gasteiger partial charge in [0, 0.05) is 18.5 Å². The number of nitrogens with zero attached hydrogens (tertiary/aromatic N) is 2. The van der Waals surface area contributed by atoms with E-state index in [2.05, 4.69) is 0 Å². The van der Waals surface area contributed by atoms with Crippen molar-refractivity contribution in [2.24, 2.45) is 0 Å². The third-order valence-corrected chi connectivity index (χ3v) is 3.67. The van der Waals surface area contributed by atoms with Crippen molar-refractivity contribution in [3.05, 3.63) is 83.0 Å². The van der Waals surface area contributed by atoms with Gasteiger partial charge in [-0.3, -0.25) is 9.36 Å². The number of allylic oxidation sites excluding steroid dienone is 1. The SMILES string of the molecule is COc1cc(C=CC(=O)n2ccn(-c3ccccc3)c2=O)ccc1O. The topological polar surface area (TPSA) is 73.5 Å². The van der Waals surface area contributed by atoms with Crippen LogP contribution in [-0.2, 0) is 0 Å². The van der Waals surface area contributed by atoms with Gasteiger partial charge in [0.25, 0.3) is 5.91 Å². The molecule has 0 amide bonds. The molecule has 3 rings (SSSR count). The number of imidazole rings is 1. The molecule has 6 nitrogen and oxygen atoms in total. The lowest BCUT2D eigenvalue weighted by Crippen LogP contribution is -2.26. The summed E-state index contributed by atoms with van der Waals surface area (Å²) in [6, 6.07) is 13.8. The largest absolute Gasteiger partial charge is 0.504 e. The zero-order valence-electron chi connectivity index (χ0n) is 13.5. The van der Waals surface area contributed by atoms with Crippen LogP contribution < -0.4 is 10.4 Å². The molecular weight excluding hydrogens is 320 g/mol. The molecule has 3 aromatic rings. The van der Waals surface area contributed by atoms with Crippen LogP contribution >= 0.6 is 0 Å². The van der Waals surface area contributed by atoms with E-state index in [-0.39, 0.29) is 5.75 Å². The van der Waals surface area contributed by atoms with Crippen LogP contribution in [0.25, 0.3) is 11.8 Å². The molecule has 6 heteroatoms. The molecule has 0 aliphatic carbocycles. The van der Waals surface area contributed by atoms with Crippen molar-refractivity contribution in [1.29, 1.82) is 0 Å². The van der Waals surface area contributed by atoms with Crippen LogP contribution in [-0.4, -0.2) is 27.3 Å². The van der Waals surface area contributed by atoms with Gasteiger partial charge in [-0.25, -0.2) is 9.36 Å². The molecule has 0 saturated carbocycles. The Morgan fingerprint density at radius 3 is 2.60 bits per heavy atom. The maximum atomic E-state index is 12.4. The number of para-hydroxylation sites is 1. The number of aromatic nitrogens is 2. The highest BCUT2D eigenvalue weighted by Crippen LogP contribution is 2.26. The normalized spacial score (nSPS) is 10.9. The van der Waals surface area contributed by atoms with Crippen LogP contribution in [0.4, 0.5) is 0 Å². The quantitative estimate of drug-likeness (QED) is 0.744. The monoisotopic (exact) mass is 336 g/mol. The summed E-state index contributed by atoms with van der Waals surface area (Å²) < 4.78 is 7.45. The average molecular weight is 336 g/mol. The molecule has 0 saturated heterocycles. The number of carbonyl (C=O) groups is 1. The van der Waals surface area contributed by atoms with E-state index in [1.807, 2.05) is 18.2 Å². The molecule has 0 bridgehead atoms. The van der Waals surface area contributed by atoms with Crippen molar-refractivity contribution in [1.82, 2.24) is 9.13 Å². The van der Waals surface area contributed by atoms with Gasteiger partial charge in [-0.1, -0.05) is 24.3 Å². The summed E-state index contributed by atoms with van der Waals surface area (Å²) in [6.45, 7) is 0. The summed E-state index contributed by atoms with van der Waals surface area (Å²) in [5, 5.41) is 9.57. The van der Waals surface area contributed by atoms with E-state index >= 15 is 0 Å². The van der Waals surface area contributed by atoms with Gasteiger partial charge < -0.3 is 9.84 Å². The number of benzene rings is 2. The lowest BCUT2D eigenvalue weighted by atomic mass is 10.2. The standard InChI is InChI=1S/C19H16N2O4/c1-25-17-13-14(7-9-16(17)22)8-10-18(23)21-12-11-20(19(21)24)15-5-3-2-4-6-15/h2-13,22H,1H3. The smallest absolute Gasteiger partial charge is 0.339 e. The molecule has 0 aliphatic heterocycles. The number of methoxy groups -OCH3 is 1. The maximum Gasteiger partial charge on any atom is 0.339 e. The Labute approximate surface area is 143 Å². The molecule has 2 aromatic carbocycles. The Kier molecular flexibility index (Phi) is 4.52. The lowest BCUT2D eigenvalue weighted by Gasteiger charge is -2.03. The maximum absolute atomic E-state index is 12.4. The molecule has 0 fully saturated rings. The van der Waals surface area contributed by atoms with Crippen molar-refractivity contribution >= 4 is 12.0 Å². The Bertz CT molecular complexity index is 984. The van der Waals surface area contributed by atoms with Crippen molar-refractivity contribution in [2.45, 2.75) is 0 Å². The highest BCUT2D eigenvalue weighted by molar-refractivity contribution is 5.93. The van der Waals surface area contributed by atoms with Crippen LogP contribution in [0.5, 0.6) is 11.5 Å². The summed E-state index contributed by atoms with van der Waals surface area (Å²) in [5.41, 5.74) is 0.911. The van der Waals surface area contributed by atoms with Crippen LogP contribution in [0, 0.1) is 0 Å². The van der Waals surface area contributed by atoms with Crippen molar-refractivity contribution < 1.29 is 14.6 Å². The molecule has 0 spiro atoms. The molecule has 25 heavy (non-hydrogen) atoms. The van der Waals surface area contributed by atoms with Gasteiger partial charge in [0.1, 0.15) is 0 Å². The fourth-order valence-corrected chi connectivity index (χ4v) is 2.38. The second kappa shape index (κ2) is 6.92. The lowest BCUT2D eigenvalue weighted by molar-refractivity contribution is 0.0965. The first-order valence-electron chi connectivity index (χ1n) is 7.55. The van der Waals surface area contributed by atoms with Crippen LogP contribution in [0.3, 0.4) is 0 Å². The molecule has 0 unspecified atom stereocenters. The number of hydrogen-bond acceptors (Lipinski definition) is 4. The predicted octanol–water partition coefficient (Wildman–Crippen LogP) is 2.71. The Hall–Kier alpha value is -3.54. The second-order valence-electron chi connectivity index (χ2n) is 5.26. The highest BCUT2D eigenvalue weighted by Gasteiger charge is 2.09. The van der Waals surface area contributed by atoms with E-state index in [9.17, 15) is 14.7 Å². The van der Waals surface area contributed by atoms with E-state index in [1.165, 1.54) is 30.0 Å². The first-order valence-corrected chi connectivity index (χ1v) is 7.55. The summed E-state index contributed by atoms with van der Waals surface area (Å²) in [6.07, 6.45) is 5.82. The first-order chi connectivity index (χ1) is 12.1. The number of hydrogen-bond donors (Lipinski definition) is 1.